The zero-order valence-corrected chi connectivity index (χ0v) is 13.2. The Hall–Kier alpha value is -2.43. The van der Waals surface area contributed by atoms with Crippen molar-refractivity contribution in [2.75, 3.05) is 24.5 Å². The first-order chi connectivity index (χ1) is 11.3. The minimum Gasteiger partial charge on any atom is -0.355 e. The third kappa shape index (κ3) is 4.28. The molecule has 5 nitrogen and oxygen atoms in total. The molecule has 0 saturated carbocycles. The van der Waals surface area contributed by atoms with Crippen LogP contribution in [0.3, 0.4) is 0 Å². The van der Waals surface area contributed by atoms with Crippen molar-refractivity contribution < 1.29 is 4.79 Å². The summed E-state index contributed by atoms with van der Waals surface area (Å²) in [5.74, 6) is 0.710. The van der Waals surface area contributed by atoms with Crippen LogP contribution < -0.4 is 10.2 Å². The molecule has 1 aliphatic heterocycles. The van der Waals surface area contributed by atoms with E-state index in [1.54, 1.807) is 12.4 Å². The SMILES string of the molecule is O=C(NCCCc1ccccc1)c1cnc(N2CCCC2)cn1. The van der Waals surface area contributed by atoms with Crippen LogP contribution in [0.1, 0.15) is 35.3 Å². The van der Waals surface area contributed by atoms with Crippen molar-refractivity contribution in [1.29, 1.82) is 0 Å². The van der Waals surface area contributed by atoms with Gasteiger partial charge in [0.15, 0.2) is 0 Å². The van der Waals surface area contributed by atoms with E-state index in [1.165, 1.54) is 18.4 Å². The number of benzene rings is 1. The molecule has 120 valence electrons. The van der Waals surface area contributed by atoms with Gasteiger partial charge in [-0.05, 0) is 31.2 Å². The zero-order chi connectivity index (χ0) is 15.9. The minimum atomic E-state index is -0.154. The van der Waals surface area contributed by atoms with E-state index >= 15 is 0 Å². The highest BCUT2D eigenvalue weighted by Gasteiger charge is 2.14. The molecule has 0 spiro atoms. The Morgan fingerprint density at radius 3 is 2.57 bits per heavy atom. The summed E-state index contributed by atoms with van der Waals surface area (Å²) >= 11 is 0. The van der Waals surface area contributed by atoms with Crippen molar-refractivity contribution in [1.82, 2.24) is 15.3 Å². The first-order valence-electron chi connectivity index (χ1n) is 8.22. The first-order valence-corrected chi connectivity index (χ1v) is 8.22. The van der Waals surface area contributed by atoms with Gasteiger partial charge in [-0.25, -0.2) is 9.97 Å². The van der Waals surface area contributed by atoms with Crippen LogP contribution in [0.15, 0.2) is 42.7 Å². The van der Waals surface area contributed by atoms with Crippen molar-refractivity contribution in [3.63, 3.8) is 0 Å². The predicted molar refractivity (Wildman–Crippen MR) is 90.6 cm³/mol. The molecule has 0 aliphatic carbocycles. The maximum absolute atomic E-state index is 12.1. The van der Waals surface area contributed by atoms with Crippen LogP contribution in [0, 0.1) is 0 Å². The van der Waals surface area contributed by atoms with Crippen molar-refractivity contribution in [2.24, 2.45) is 0 Å². The van der Waals surface area contributed by atoms with E-state index in [2.05, 4.69) is 32.3 Å². The number of rotatable bonds is 6. The van der Waals surface area contributed by atoms with Crippen LogP contribution >= 0.6 is 0 Å². The lowest BCUT2D eigenvalue weighted by Gasteiger charge is -2.15. The Bertz CT molecular complexity index is 621. The van der Waals surface area contributed by atoms with Crippen LogP contribution in [0.2, 0.25) is 0 Å². The van der Waals surface area contributed by atoms with Gasteiger partial charge in [0.25, 0.3) is 5.91 Å². The highest BCUT2D eigenvalue weighted by atomic mass is 16.1. The van der Waals surface area contributed by atoms with E-state index in [1.807, 2.05) is 18.2 Å². The third-order valence-electron chi connectivity index (χ3n) is 4.07. The average Bonchev–Trinajstić information content (AvgIpc) is 3.14. The summed E-state index contributed by atoms with van der Waals surface area (Å²) < 4.78 is 0. The fourth-order valence-corrected chi connectivity index (χ4v) is 2.78. The molecule has 1 saturated heterocycles. The molecule has 1 aromatic carbocycles. The maximum atomic E-state index is 12.1. The van der Waals surface area contributed by atoms with E-state index in [4.69, 9.17) is 0 Å². The zero-order valence-electron chi connectivity index (χ0n) is 13.2. The van der Waals surface area contributed by atoms with Gasteiger partial charge in [-0.15, -0.1) is 0 Å². The lowest BCUT2D eigenvalue weighted by atomic mass is 10.1. The molecule has 1 aliphatic rings. The average molecular weight is 310 g/mol. The number of nitrogens with zero attached hydrogens (tertiary/aromatic N) is 3. The molecule has 23 heavy (non-hydrogen) atoms. The Balaban J connectivity index is 1.44. The highest BCUT2D eigenvalue weighted by Crippen LogP contribution is 2.16. The lowest BCUT2D eigenvalue weighted by molar-refractivity contribution is 0.0948. The molecular formula is C18H22N4O. The number of carbonyl (C=O) groups excluding carboxylic acids is 1. The number of carbonyl (C=O) groups is 1. The summed E-state index contributed by atoms with van der Waals surface area (Å²) in [6.45, 7) is 2.70. The number of hydrogen-bond donors (Lipinski definition) is 1. The normalized spacial score (nSPS) is 14.0. The van der Waals surface area contributed by atoms with Gasteiger partial charge in [-0.2, -0.15) is 0 Å². The van der Waals surface area contributed by atoms with Gasteiger partial charge >= 0.3 is 0 Å². The molecule has 1 fully saturated rings. The van der Waals surface area contributed by atoms with E-state index in [0.29, 0.717) is 12.2 Å². The molecule has 2 aromatic rings. The van der Waals surface area contributed by atoms with Crippen molar-refractivity contribution in [2.45, 2.75) is 25.7 Å². The van der Waals surface area contributed by atoms with E-state index in [-0.39, 0.29) is 5.91 Å². The highest BCUT2D eigenvalue weighted by molar-refractivity contribution is 5.91. The van der Waals surface area contributed by atoms with Crippen LogP contribution in [0.5, 0.6) is 0 Å². The third-order valence-corrected chi connectivity index (χ3v) is 4.07. The van der Waals surface area contributed by atoms with Crippen molar-refractivity contribution >= 4 is 11.7 Å². The summed E-state index contributed by atoms with van der Waals surface area (Å²) in [7, 11) is 0. The Morgan fingerprint density at radius 2 is 1.87 bits per heavy atom. The van der Waals surface area contributed by atoms with Crippen molar-refractivity contribution in [3.05, 3.63) is 54.0 Å². The summed E-state index contributed by atoms with van der Waals surface area (Å²) in [5.41, 5.74) is 1.67. The minimum absolute atomic E-state index is 0.154. The van der Waals surface area contributed by atoms with Crippen molar-refractivity contribution in [3.8, 4) is 0 Å². The number of aromatic nitrogens is 2. The molecule has 2 heterocycles. The lowest BCUT2D eigenvalue weighted by Crippen LogP contribution is -2.26. The van der Waals surface area contributed by atoms with Gasteiger partial charge in [-0.1, -0.05) is 30.3 Å². The molecule has 0 unspecified atom stereocenters. The van der Waals surface area contributed by atoms with Gasteiger partial charge in [0.05, 0.1) is 12.4 Å². The molecule has 5 heteroatoms. The Morgan fingerprint density at radius 1 is 1.09 bits per heavy atom. The molecular weight excluding hydrogens is 288 g/mol. The number of hydrogen-bond acceptors (Lipinski definition) is 4. The second kappa shape index (κ2) is 7.72. The van der Waals surface area contributed by atoms with Gasteiger partial charge in [0.2, 0.25) is 0 Å². The molecule has 1 N–H and O–H groups in total. The molecule has 1 aromatic heterocycles. The van der Waals surface area contributed by atoms with Crippen LogP contribution in [-0.2, 0) is 6.42 Å². The monoisotopic (exact) mass is 310 g/mol. The van der Waals surface area contributed by atoms with E-state index < -0.39 is 0 Å². The molecule has 1 amide bonds. The fourth-order valence-electron chi connectivity index (χ4n) is 2.78. The summed E-state index contributed by atoms with van der Waals surface area (Å²) in [5, 5.41) is 2.90. The van der Waals surface area contributed by atoms with Gasteiger partial charge in [0, 0.05) is 19.6 Å². The number of aryl methyl sites for hydroxylation is 1. The smallest absolute Gasteiger partial charge is 0.271 e. The standard InChI is InChI=1S/C18H22N4O/c23-18(19-10-6-9-15-7-2-1-3-8-15)16-13-21-17(14-20-16)22-11-4-5-12-22/h1-3,7-8,13-14H,4-6,9-12H2,(H,19,23). The van der Waals surface area contributed by atoms with Gasteiger partial charge < -0.3 is 10.2 Å². The van der Waals surface area contributed by atoms with Crippen LogP contribution in [0.25, 0.3) is 0 Å². The predicted octanol–water partition coefficient (Wildman–Crippen LogP) is 2.44. The quantitative estimate of drug-likeness (QED) is 0.833. The molecule has 3 rings (SSSR count). The van der Waals surface area contributed by atoms with Crippen LogP contribution in [-0.4, -0.2) is 35.5 Å². The van der Waals surface area contributed by atoms with E-state index in [9.17, 15) is 4.79 Å². The fraction of sp³-hybridized carbons (Fsp3) is 0.389. The second-order valence-electron chi connectivity index (χ2n) is 5.80. The van der Waals surface area contributed by atoms with Gasteiger partial charge in [-0.3, -0.25) is 4.79 Å². The summed E-state index contributed by atoms with van der Waals surface area (Å²) in [6, 6.07) is 10.3. The topological polar surface area (TPSA) is 58.1 Å². The summed E-state index contributed by atoms with van der Waals surface area (Å²) in [4.78, 5) is 22.9. The Labute approximate surface area is 136 Å². The number of anilines is 1. The van der Waals surface area contributed by atoms with Gasteiger partial charge in [0.1, 0.15) is 11.5 Å². The summed E-state index contributed by atoms with van der Waals surface area (Å²) in [6.07, 6.45) is 7.54. The Kier molecular flexibility index (Phi) is 5.19. The van der Waals surface area contributed by atoms with E-state index in [0.717, 1.165) is 31.7 Å². The van der Waals surface area contributed by atoms with Crippen LogP contribution in [0.4, 0.5) is 5.82 Å². The number of amides is 1. The molecule has 0 bridgehead atoms. The second-order valence-corrected chi connectivity index (χ2v) is 5.80. The maximum Gasteiger partial charge on any atom is 0.271 e. The number of nitrogens with one attached hydrogen (secondary N) is 1. The molecule has 0 atom stereocenters. The molecule has 0 radical (unpaired) electrons. The first kappa shape index (κ1) is 15.5. The largest absolute Gasteiger partial charge is 0.355 e.